The monoisotopic (exact) mass is 564 g/mol. The van der Waals surface area contributed by atoms with Gasteiger partial charge in [-0.1, -0.05) is 55.8 Å². The minimum atomic E-state index is 0.168. The molecule has 4 N–H and O–H groups in total. The van der Waals surface area contributed by atoms with E-state index in [4.69, 9.17) is 21.5 Å². The van der Waals surface area contributed by atoms with Gasteiger partial charge < -0.3 is 16.1 Å². The lowest BCUT2D eigenvalue weighted by molar-refractivity contribution is -0.124. The molecular formula is C35H44N6O. The summed E-state index contributed by atoms with van der Waals surface area (Å²) in [5.41, 5.74) is 16.2. The highest BCUT2D eigenvalue weighted by molar-refractivity contribution is 6.03. The quantitative estimate of drug-likeness (QED) is 0.123. The van der Waals surface area contributed by atoms with E-state index in [1.807, 2.05) is 25.2 Å². The molecule has 0 radical (unpaired) electrons. The average molecular weight is 565 g/mol. The molecule has 1 saturated carbocycles. The van der Waals surface area contributed by atoms with Crippen molar-refractivity contribution >= 4 is 22.8 Å². The van der Waals surface area contributed by atoms with Gasteiger partial charge in [-0.25, -0.2) is 9.97 Å². The fourth-order valence-electron chi connectivity index (χ4n) is 6.42. The van der Waals surface area contributed by atoms with Gasteiger partial charge in [0.15, 0.2) is 11.5 Å². The van der Waals surface area contributed by atoms with Crippen LogP contribution in [-0.2, 0) is 37.5 Å². The summed E-state index contributed by atoms with van der Waals surface area (Å²) < 4.78 is 2.11. The van der Waals surface area contributed by atoms with E-state index in [2.05, 4.69) is 53.8 Å². The van der Waals surface area contributed by atoms with Gasteiger partial charge in [0.1, 0.15) is 17.1 Å². The van der Waals surface area contributed by atoms with Crippen LogP contribution in [0.3, 0.4) is 0 Å². The van der Waals surface area contributed by atoms with E-state index < -0.39 is 0 Å². The summed E-state index contributed by atoms with van der Waals surface area (Å²) in [6.45, 7) is 4.26. The summed E-state index contributed by atoms with van der Waals surface area (Å²) in [5, 5.41) is 3.63. The zero-order chi connectivity index (χ0) is 29.6. The Labute approximate surface area is 249 Å². The Morgan fingerprint density at radius 2 is 1.76 bits per heavy atom. The van der Waals surface area contributed by atoms with Gasteiger partial charge in [-0.15, -0.1) is 0 Å². The van der Waals surface area contributed by atoms with Crippen LogP contribution in [0.1, 0.15) is 85.6 Å². The highest BCUT2D eigenvalue weighted by Crippen LogP contribution is 2.30. The van der Waals surface area contributed by atoms with E-state index in [1.54, 1.807) is 0 Å². The van der Waals surface area contributed by atoms with Crippen molar-refractivity contribution in [1.82, 2.24) is 14.5 Å². The molecule has 2 heterocycles. The first-order valence-electron chi connectivity index (χ1n) is 15.5. The second-order valence-corrected chi connectivity index (χ2v) is 11.8. The summed E-state index contributed by atoms with van der Waals surface area (Å²) in [7, 11) is 2.04. The Balaban J connectivity index is 0.000000169. The molecule has 0 bridgehead atoms. The molecule has 2 aliphatic carbocycles. The molecule has 7 heteroatoms. The number of carbonyl (C=O) groups excluding carboxylic acids is 1. The van der Waals surface area contributed by atoms with Gasteiger partial charge in [-0.3, -0.25) is 4.79 Å². The molecule has 2 aliphatic rings. The second kappa shape index (κ2) is 13.3. The van der Waals surface area contributed by atoms with E-state index >= 15 is 0 Å². The summed E-state index contributed by atoms with van der Waals surface area (Å²) in [5.74, 6) is 7.38. The Morgan fingerprint density at radius 1 is 1.00 bits per heavy atom. The van der Waals surface area contributed by atoms with Crippen LogP contribution >= 0.6 is 0 Å². The lowest BCUT2D eigenvalue weighted by Crippen LogP contribution is -2.21. The molecule has 1 atom stereocenters. The minimum absolute atomic E-state index is 0.168. The van der Waals surface area contributed by atoms with E-state index in [0.717, 1.165) is 72.3 Å². The number of ketones is 1. The maximum atomic E-state index is 12.1. The van der Waals surface area contributed by atoms with Gasteiger partial charge >= 0.3 is 0 Å². The molecule has 0 aliphatic heterocycles. The largest absolute Gasteiger partial charge is 0.382 e. The number of Topliss-reactive ketones (excluding diaryl/α,β-unsaturated/α-hetero) is 1. The molecule has 0 spiro atoms. The molecule has 4 aromatic rings. The van der Waals surface area contributed by atoms with E-state index in [-0.39, 0.29) is 5.92 Å². The van der Waals surface area contributed by atoms with Crippen molar-refractivity contribution in [3.63, 3.8) is 0 Å². The number of aromatic nitrogens is 3. The molecule has 0 saturated heterocycles. The van der Waals surface area contributed by atoms with Gasteiger partial charge in [-0.2, -0.15) is 5.10 Å². The molecule has 220 valence electrons. The number of hydrogen-bond donors (Lipinski definition) is 2. The standard InChI is InChI=1S/C18H25N3O.C17H19N3/c1-4-7-16-20-17-12(2)10-14(19-18(17)21(16)3)11-13-8-5-6-9-15(13)22;18-17(20-19)16-8-4-3-7-15(16)14-10-9-12-5-1-2-6-13(12)11-14/h10,13H,4-9,11H2,1-3H3;3-4,7-11H,1-2,5-6,19H2,(H2,18,20). The molecule has 1 unspecified atom stereocenters. The van der Waals surface area contributed by atoms with Crippen molar-refractivity contribution < 1.29 is 4.79 Å². The maximum Gasteiger partial charge on any atom is 0.160 e. The van der Waals surface area contributed by atoms with Crippen LogP contribution in [0.2, 0.25) is 0 Å². The molecule has 6 rings (SSSR count). The molecule has 0 amide bonds. The number of nitrogens with zero attached hydrogens (tertiary/aromatic N) is 4. The first-order valence-corrected chi connectivity index (χ1v) is 15.5. The smallest absolute Gasteiger partial charge is 0.160 e. The Kier molecular flexibility index (Phi) is 9.35. The SMILES string of the molecule is CCCc1nc2c(C)cc(CC3CCCCC3=O)nc2n1C.N/N=C(\N)c1ccccc1-c1ccc2c(c1)CCCC2. The third-order valence-electron chi connectivity index (χ3n) is 8.78. The predicted octanol–water partition coefficient (Wildman–Crippen LogP) is 6.34. The van der Waals surface area contributed by atoms with Crippen LogP contribution in [-0.4, -0.2) is 26.2 Å². The number of fused-ring (bicyclic) bond motifs is 2. The predicted molar refractivity (Wildman–Crippen MR) is 171 cm³/mol. The molecule has 7 nitrogen and oxygen atoms in total. The number of carbonyl (C=O) groups is 1. The summed E-state index contributed by atoms with van der Waals surface area (Å²) >= 11 is 0. The van der Waals surface area contributed by atoms with Crippen LogP contribution in [0.5, 0.6) is 0 Å². The Morgan fingerprint density at radius 3 is 2.52 bits per heavy atom. The van der Waals surface area contributed by atoms with Crippen molar-refractivity contribution in [1.29, 1.82) is 0 Å². The molecule has 2 aromatic carbocycles. The first-order chi connectivity index (χ1) is 20.4. The zero-order valence-electron chi connectivity index (χ0n) is 25.3. The van der Waals surface area contributed by atoms with Crippen LogP contribution in [0, 0.1) is 12.8 Å². The number of rotatable bonds is 6. The van der Waals surface area contributed by atoms with Crippen molar-refractivity contribution in [2.45, 2.75) is 84.5 Å². The molecule has 2 aromatic heterocycles. The number of imidazole rings is 1. The second-order valence-electron chi connectivity index (χ2n) is 11.8. The van der Waals surface area contributed by atoms with Crippen molar-refractivity contribution in [2.75, 3.05) is 0 Å². The fraction of sp³-hybridized carbons (Fsp3) is 0.429. The highest BCUT2D eigenvalue weighted by Gasteiger charge is 2.23. The third-order valence-corrected chi connectivity index (χ3v) is 8.78. The summed E-state index contributed by atoms with van der Waals surface area (Å²) in [6.07, 6.45) is 11.8. The van der Waals surface area contributed by atoms with E-state index in [9.17, 15) is 4.79 Å². The van der Waals surface area contributed by atoms with Crippen LogP contribution in [0.4, 0.5) is 0 Å². The van der Waals surface area contributed by atoms with Gasteiger partial charge in [0.2, 0.25) is 0 Å². The number of nitrogens with two attached hydrogens (primary N) is 2. The Bertz CT molecular complexity index is 1600. The number of aryl methyl sites for hydroxylation is 5. The zero-order valence-corrected chi connectivity index (χ0v) is 25.3. The maximum absolute atomic E-state index is 12.1. The first kappa shape index (κ1) is 29.5. The van der Waals surface area contributed by atoms with E-state index in [0.29, 0.717) is 11.6 Å². The average Bonchev–Trinajstić information content (AvgIpc) is 3.33. The molecule has 42 heavy (non-hydrogen) atoms. The van der Waals surface area contributed by atoms with Crippen molar-refractivity contribution in [3.8, 4) is 11.1 Å². The van der Waals surface area contributed by atoms with Crippen molar-refractivity contribution in [3.05, 3.63) is 82.3 Å². The summed E-state index contributed by atoms with van der Waals surface area (Å²) in [6, 6.07) is 16.8. The number of hydrazone groups is 1. The lowest BCUT2D eigenvalue weighted by Gasteiger charge is -2.20. The number of benzene rings is 2. The summed E-state index contributed by atoms with van der Waals surface area (Å²) in [4.78, 5) is 21.6. The van der Waals surface area contributed by atoms with Crippen LogP contribution < -0.4 is 11.6 Å². The van der Waals surface area contributed by atoms with Gasteiger partial charge in [-0.05, 0) is 92.2 Å². The minimum Gasteiger partial charge on any atom is -0.382 e. The topological polar surface area (TPSA) is 112 Å². The normalized spacial score (nSPS) is 17.1. The fourth-order valence-corrected chi connectivity index (χ4v) is 6.42. The Hall–Kier alpha value is -4.00. The van der Waals surface area contributed by atoms with Gasteiger partial charge in [0, 0.05) is 37.1 Å². The molecule has 1 fully saturated rings. The van der Waals surface area contributed by atoms with Crippen LogP contribution in [0.15, 0.2) is 53.6 Å². The lowest BCUT2D eigenvalue weighted by atomic mass is 9.84. The van der Waals surface area contributed by atoms with Crippen molar-refractivity contribution in [2.24, 2.45) is 29.6 Å². The highest BCUT2D eigenvalue weighted by atomic mass is 16.1. The third kappa shape index (κ3) is 6.40. The number of amidine groups is 1. The number of pyridine rings is 1. The van der Waals surface area contributed by atoms with Gasteiger partial charge in [0.05, 0.1) is 0 Å². The number of hydrogen-bond acceptors (Lipinski definition) is 5. The molecular weight excluding hydrogens is 520 g/mol. The van der Waals surface area contributed by atoms with Crippen LogP contribution in [0.25, 0.3) is 22.3 Å². The van der Waals surface area contributed by atoms with Gasteiger partial charge in [0.25, 0.3) is 0 Å². The van der Waals surface area contributed by atoms with E-state index in [1.165, 1.54) is 54.4 Å².